The van der Waals surface area contributed by atoms with Crippen LogP contribution in [-0.2, 0) is 6.54 Å². The van der Waals surface area contributed by atoms with Crippen LogP contribution in [0.25, 0.3) is 0 Å². The number of rotatable bonds is 6. The molecule has 1 aromatic carbocycles. The van der Waals surface area contributed by atoms with E-state index in [9.17, 15) is 9.59 Å². The fraction of sp³-hybridized carbons (Fsp3) is 0.261. The Hall–Kier alpha value is -2.01. The van der Waals surface area contributed by atoms with Crippen LogP contribution < -0.4 is 10.6 Å². The van der Waals surface area contributed by atoms with Crippen molar-refractivity contribution in [2.45, 2.75) is 6.54 Å². The standard InChI is InChI=1S/C23H22BrCl2N5O2S/c1-30-6-8-31(9-7-30)12-14-13-34-21(20(14)26)23(33)28-18-4-3-16(25)10-17(18)22(32)29-19-5-2-15(24)11-27-19/h2-5,10-11,13H,6-9,12H2,1H3,(H,28,33)(H,27,29,32). The lowest BCUT2D eigenvalue weighted by atomic mass is 10.1. The molecule has 2 N–H and O–H groups in total. The van der Waals surface area contributed by atoms with Gasteiger partial charge in [-0.05, 0) is 64.3 Å². The number of carbonyl (C=O) groups is 2. The molecule has 1 fully saturated rings. The molecule has 0 spiro atoms. The zero-order valence-electron chi connectivity index (χ0n) is 18.3. The van der Waals surface area contributed by atoms with Gasteiger partial charge in [-0.1, -0.05) is 23.2 Å². The summed E-state index contributed by atoms with van der Waals surface area (Å²) in [6.07, 6.45) is 1.58. The zero-order valence-corrected chi connectivity index (χ0v) is 22.2. The average Bonchev–Trinajstić information content (AvgIpc) is 3.18. The molecule has 0 unspecified atom stereocenters. The number of hydrogen-bond donors (Lipinski definition) is 2. The summed E-state index contributed by atoms with van der Waals surface area (Å²) in [5, 5.41) is 8.27. The quantitative estimate of drug-likeness (QED) is 0.403. The summed E-state index contributed by atoms with van der Waals surface area (Å²) in [7, 11) is 2.11. The van der Waals surface area contributed by atoms with Gasteiger partial charge in [-0.25, -0.2) is 4.98 Å². The third-order valence-electron chi connectivity index (χ3n) is 5.44. The normalized spacial score (nSPS) is 14.7. The molecule has 34 heavy (non-hydrogen) atoms. The Balaban J connectivity index is 1.48. The number of hydrogen-bond acceptors (Lipinski definition) is 6. The van der Waals surface area contributed by atoms with Crippen LogP contribution in [0.15, 0.2) is 46.4 Å². The van der Waals surface area contributed by atoms with E-state index in [1.54, 1.807) is 30.5 Å². The molecule has 0 radical (unpaired) electrons. The fourth-order valence-corrected chi connectivity index (χ4v) is 5.16. The molecule has 4 rings (SSSR count). The number of benzene rings is 1. The van der Waals surface area contributed by atoms with Gasteiger partial charge in [-0.15, -0.1) is 11.3 Å². The van der Waals surface area contributed by atoms with Crippen molar-refractivity contribution in [3.63, 3.8) is 0 Å². The molecule has 1 aliphatic heterocycles. The first-order chi connectivity index (χ1) is 16.3. The molecule has 0 aliphatic carbocycles. The third kappa shape index (κ3) is 6.16. The molecule has 11 heteroatoms. The Morgan fingerprint density at radius 3 is 2.56 bits per heavy atom. The van der Waals surface area contributed by atoms with Crippen molar-refractivity contribution >= 4 is 73.8 Å². The molecule has 2 aromatic heterocycles. The van der Waals surface area contributed by atoms with Crippen LogP contribution in [0.3, 0.4) is 0 Å². The van der Waals surface area contributed by atoms with Crippen LogP contribution in [0.1, 0.15) is 25.6 Å². The molecule has 0 saturated carbocycles. The van der Waals surface area contributed by atoms with Gasteiger partial charge in [0.15, 0.2) is 0 Å². The lowest BCUT2D eigenvalue weighted by molar-refractivity contribution is 0.102. The van der Waals surface area contributed by atoms with Crippen LogP contribution in [0, 0.1) is 0 Å². The maximum Gasteiger partial charge on any atom is 0.267 e. The van der Waals surface area contributed by atoms with E-state index < -0.39 is 5.91 Å². The minimum Gasteiger partial charge on any atom is -0.320 e. The second-order valence-electron chi connectivity index (χ2n) is 7.94. The predicted octanol–water partition coefficient (Wildman–Crippen LogP) is 5.46. The van der Waals surface area contributed by atoms with Crippen LogP contribution >= 0.6 is 50.5 Å². The third-order valence-corrected chi connectivity index (χ3v) is 7.72. The molecule has 0 bridgehead atoms. The molecule has 178 valence electrons. The molecular formula is C23H22BrCl2N5O2S. The van der Waals surface area contributed by atoms with E-state index in [2.05, 4.69) is 48.4 Å². The summed E-state index contributed by atoms with van der Waals surface area (Å²) in [5.74, 6) is -0.446. The molecule has 1 aliphatic rings. The average molecular weight is 583 g/mol. The first-order valence-electron chi connectivity index (χ1n) is 10.5. The minimum absolute atomic E-state index is 0.218. The second-order valence-corrected chi connectivity index (χ2v) is 10.6. The molecule has 7 nitrogen and oxygen atoms in total. The summed E-state index contributed by atoms with van der Waals surface area (Å²) < 4.78 is 0.793. The van der Waals surface area contributed by atoms with Crippen molar-refractivity contribution in [2.75, 3.05) is 43.9 Å². The molecule has 1 saturated heterocycles. The predicted molar refractivity (Wildman–Crippen MR) is 141 cm³/mol. The van der Waals surface area contributed by atoms with Gasteiger partial charge >= 0.3 is 0 Å². The Kier molecular flexibility index (Phi) is 8.23. The maximum absolute atomic E-state index is 13.1. The number of piperazine rings is 1. The van der Waals surface area contributed by atoms with Gasteiger partial charge in [0.05, 0.1) is 16.3 Å². The summed E-state index contributed by atoms with van der Waals surface area (Å²) in [6, 6.07) is 8.14. The lowest BCUT2D eigenvalue weighted by Gasteiger charge is -2.32. The number of pyridine rings is 1. The summed E-state index contributed by atoms with van der Waals surface area (Å²) in [4.78, 5) is 35.1. The van der Waals surface area contributed by atoms with E-state index in [1.807, 2.05) is 5.38 Å². The van der Waals surface area contributed by atoms with Gasteiger partial charge in [-0.3, -0.25) is 14.5 Å². The van der Waals surface area contributed by atoms with Gasteiger partial charge in [0.25, 0.3) is 11.8 Å². The first kappa shape index (κ1) is 25.1. The number of aromatic nitrogens is 1. The fourth-order valence-electron chi connectivity index (χ4n) is 3.51. The van der Waals surface area contributed by atoms with Crippen molar-refractivity contribution in [1.29, 1.82) is 0 Å². The number of nitrogens with zero attached hydrogens (tertiary/aromatic N) is 3. The van der Waals surface area contributed by atoms with E-state index in [0.29, 0.717) is 33.0 Å². The van der Waals surface area contributed by atoms with E-state index >= 15 is 0 Å². The van der Waals surface area contributed by atoms with E-state index in [0.717, 1.165) is 36.2 Å². The van der Waals surface area contributed by atoms with E-state index in [1.165, 1.54) is 17.4 Å². The van der Waals surface area contributed by atoms with Crippen molar-refractivity contribution < 1.29 is 9.59 Å². The zero-order chi connectivity index (χ0) is 24.2. The molecule has 3 aromatic rings. The number of halogens is 3. The number of amides is 2. The van der Waals surface area contributed by atoms with Gasteiger partial charge in [0.2, 0.25) is 0 Å². The van der Waals surface area contributed by atoms with Crippen LogP contribution in [0.5, 0.6) is 0 Å². The number of likely N-dealkylation sites (N-methyl/N-ethyl adjacent to an activating group) is 1. The second kappa shape index (κ2) is 11.2. The van der Waals surface area contributed by atoms with Crippen LogP contribution in [-0.4, -0.2) is 59.8 Å². The summed E-state index contributed by atoms with van der Waals surface area (Å²) in [6.45, 7) is 4.63. The number of nitrogens with one attached hydrogen (secondary N) is 2. The highest BCUT2D eigenvalue weighted by molar-refractivity contribution is 9.10. The van der Waals surface area contributed by atoms with Gasteiger partial charge in [0, 0.05) is 48.4 Å². The Bertz CT molecular complexity index is 1200. The van der Waals surface area contributed by atoms with Crippen molar-refractivity contribution in [3.8, 4) is 0 Å². The molecule has 0 atom stereocenters. The molecular weight excluding hydrogens is 561 g/mol. The number of carbonyl (C=O) groups excluding carboxylic acids is 2. The van der Waals surface area contributed by atoms with E-state index in [-0.39, 0.29) is 11.5 Å². The monoisotopic (exact) mass is 581 g/mol. The summed E-state index contributed by atoms with van der Waals surface area (Å²) >= 11 is 17.3. The highest BCUT2D eigenvalue weighted by Gasteiger charge is 2.22. The Morgan fingerprint density at radius 1 is 1.09 bits per heavy atom. The molecule has 3 heterocycles. The Labute approximate surface area is 220 Å². The Morgan fingerprint density at radius 2 is 1.85 bits per heavy atom. The lowest BCUT2D eigenvalue weighted by Crippen LogP contribution is -2.43. The maximum atomic E-state index is 13.1. The van der Waals surface area contributed by atoms with Crippen molar-refractivity contribution in [3.05, 3.63) is 72.4 Å². The van der Waals surface area contributed by atoms with Crippen molar-refractivity contribution in [1.82, 2.24) is 14.8 Å². The topological polar surface area (TPSA) is 77.6 Å². The SMILES string of the molecule is CN1CCN(Cc2csc(C(=O)Nc3ccc(Cl)cc3C(=O)Nc3ccc(Br)cn3)c2Cl)CC1. The van der Waals surface area contributed by atoms with Crippen LogP contribution in [0.2, 0.25) is 10.0 Å². The largest absolute Gasteiger partial charge is 0.320 e. The highest BCUT2D eigenvalue weighted by atomic mass is 79.9. The summed E-state index contributed by atoms with van der Waals surface area (Å²) in [5.41, 5.74) is 1.47. The van der Waals surface area contributed by atoms with Crippen molar-refractivity contribution in [2.24, 2.45) is 0 Å². The molecule has 2 amide bonds. The number of anilines is 2. The van der Waals surface area contributed by atoms with Gasteiger partial charge < -0.3 is 15.5 Å². The smallest absolute Gasteiger partial charge is 0.267 e. The van der Waals surface area contributed by atoms with Gasteiger partial charge in [0.1, 0.15) is 10.7 Å². The minimum atomic E-state index is -0.444. The van der Waals surface area contributed by atoms with Crippen LogP contribution in [0.4, 0.5) is 11.5 Å². The van der Waals surface area contributed by atoms with Gasteiger partial charge in [-0.2, -0.15) is 0 Å². The van der Waals surface area contributed by atoms with E-state index in [4.69, 9.17) is 23.2 Å². The highest BCUT2D eigenvalue weighted by Crippen LogP contribution is 2.31. The number of thiophene rings is 1. The first-order valence-corrected chi connectivity index (χ1v) is 12.9.